The second kappa shape index (κ2) is 4.97. The highest BCUT2D eigenvalue weighted by atomic mass is 35.5. The van der Waals surface area contributed by atoms with Crippen molar-refractivity contribution in [1.82, 2.24) is 4.98 Å². The van der Waals surface area contributed by atoms with Crippen LogP contribution in [0.25, 0.3) is 0 Å². The molecule has 2 aromatic rings. The zero-order valence-electron chi connectivity index (χ0n) is 9.27. The first-order chi connectivity index (χ1) is 8.16. The van der Waals surface area contributed by atoms with Gasteiger partial charge in [-0.15, -0.1) is 0 Å². The minimum atomic E-state index is -0.169. The molecule has 1 aromatic heterocycles. The number of nitrogens with one attached hydrogen (secondary N) is 1. The highest BCUT2D eigenvalue weighted by Crippen LogP contribution is 2.14. The molecule has 0 unspecified atom stereocenters. The quantitative estimate of drug-likeness (QED) is 0.884. The number of pyridine rings is 1. The Hall–Kier alpha value is -1.87. The van der Waals surface area contributed by atoms with Gasteiger partial charge in [-0.1, -0.05) is 11.6 Å². The number of anilines is 1. The van der Waals surface area contributed by atoms with E-state index in [-0.39, 0.29) is 5.91 Å². The lowest BCUT2D eigenvalue weighted by molar-refractivity contribution is 0.102. The fraction of sp³-hybridized carbons (Fsp3) is 0.0769. The third-order valence-corrected chi connectivity index (χ3v) is 2.61. The molecule has 0 atom stereocenters. The number of nitrogens with zero attached hydrogens (tertiary/aromatic N) is 1. The average molecular weight is 247 g/mol. The zero-order valence-corrected chi connectivity index (χ0v) is 10.0. The second-order valence-electron chi connectivity index (χ2n) is 3.60. The number of carbonyl (C=O) groups excluding carboxylic acids is 1. The van der Waals surface area contributed by atoms with Gasteiger partial charge in [0.1, 0.15) is 0 Å². The van der Waals surface area contributed by atoms with Gasteiger partial charge in [0.25, 0.3) is 5.91 Å². The highest BCUT2D eigenvalue weighted by Gasteiger charge is 2.07. The van der Waals surface area contributed by atoms with Crippen molar-refractivity contribution < 1.29 is 4.79 Å². The van der Waals surface area contributed by atoms with Crippen LogP contribution in [0.5, 0.6) is 0 Å². The van der Waals surface area contributed by atoms with E-state index in [9.17, 15) is 4.79 Å². The summed E-state index contributed by atoms with van der Waals surface area (Å²) in [6.07, 6.45) is 1.69. The van der Waals surface area contributed by atoms with Gasteiger partial charge in [-0.25, -0.2) is 0 Å². The van der Waals surface area contributed by atoms with Crippen molar-refractivity contribution in [3.63, 3.8) is 0 Å². The first-order valence-corrected chi connectivity index (χ1v) is 5.53. The van der Waals surface area contributed by atoms with Gasteiger partial charge in [-0.3, -0.25) is 9.78 Å². The summed E-state index contributed by atoms with van der Waals surface area (Å²) < 4.78 is 0. The summed E-state index contributed by atoms with van der Waals surface area (Å²) >= 11 is 5.76. The van der Waals surface area contributed by atoms with Crippen LogP contribution >= 0.6 is 11.6 Å². The van der Waals surface area contributed by atoms with Crippen LogP contribution in [0.15, 0.2) is 42.6 Å². The van der Waals surface area contributed by atoms with Crippen LogP contribution in [-0.2, 0) is 0 Å². The average Bonchev–Trinajstić information content (AvgIpc) is 2.33. The van der Waals surface area contributed by atoms with Crippen molar-refractivity contribution >= 4 is 23.2 Å². The van der Waals surface area contributed by atoms with Crippen molar-refractivity contribution in [2.75, 3.05) is 5.32 Å². The Balaban J connectivity index is 2.17. The molecule has 0 fully saturated rings. The van der Waals surface area contributed by atoms with Crippen molar-refractivity contribution in [2.45, 2.75) is 6.92 Å². The topological polar surface area (TPSA) is 42.0 Å². The van der Waals surface area contributed by atoms with Gasteiger partial charge in [-0.05, 0) is 43.3 Å². The Kier molecular flexibility index (Phi) is 3.40. The number of benzene rings is 1. The molecule has 4 heteroatoms. The Morgan fingerprint density at radius 2 is 1.94 bits per heavy atom. The molecule has 0 aliphatic rings. The molecule has 1 amide bonds. The summed E-state index contributed by atoms with van der Waals surface area (Å²) in [5.41, 5.74) is 2.07. The molecule has 0 spiro atoms. The van der Waals surface area contributed by atoms with E-state index in [1.54, 1.807) is 36.5 Å². The van der Waals surface area contributed by atoms with E-state index in [4.69, 9.17) is 11.6 Å². The lowest BCUT2D eigenvalue weighted by atomic mass is 10.2. The summed E-state index contributed by atoms with van der Waals surface area (Å²) in [7, 11) is 0. The van der Waals surface area contributed by atoms with E-state index in [2.05, 4.69) is 10.3 Å². The molecule has 1 N–H and O–H groups in total. The number of halogens is 1. The summed E-state index contributed by atoms with van der Waals surface area (Å²) in [6, 6.07) is 10.3. The molecule has 1 aromatic carbocycles. The second-order valence-corrected chi connectivity index (χ2v) is 4.03. The number of hydrogen-bond acceptors (Lipinski definition) is 2. The molecular formula is C13H11ClN2O. The van der Waals surface area contributed by atoms with Crippen LogP contribution in [0.1, 0.15) is 16.1 Å². The van der Waals surface area contributed by atoms with Crippen molar-refractivity contribution in [3.8, 4) is 0 Å². The molecule has 17 heavy (non-hydrogen) atoms. The molecule has 0 saturated carbocycles. The normalized spacial score (nSPS) is 10.0. The molecule has 2 rings (SSSR count). The van der Waals surface area contributed by atoms with E-state index in [0.717, 1.165) is 5.69 Å². The molecular weight excluding hydrogens is 236 g/mol. The third-order valence-electron chi connectivity index (χ3n) is 2.36. The maximum absolute atomic E-state index is 11.9. The van der Waals surface area contributed by atoms with Gasteiger partial charge in [0, 0.05) is 16.8 Å². The lowest BCUT2D eigenvalue weighted by Gasteiger charge is -2.07. The number of carbonyl (C=O) groups is 1. The number of hydrogen-bond donors (Lipinski definition) is 1. The Bertz CT molecular complexity index is 537. The molecule has 0 saturated heterocycles. The predicted octanol–water partition coefficient (Wildman–Crippen LogP) is 3.30. The number of aryl methyl sites for hydroxylation is 1. The fourth-order valence-electron chi connectivity index (χ4n) is 1.41. The van der Waals surface area contributed by atoms with E-state index in [1.807, 2.05) is 13.0 Å². The van der Waals surface area contributed by atoms with Crippen LogP contribution in [0.4, 0.5) is 5.69 Å². The first kappa shape index (κ1) is 11.6. The summed E-state index contributed by atoms with van der Waals surface area (Å²) in [6.45, 7) is 1.84. The van der Waals surface area contributed by atoms with Gasteiger partial charge < -0.3 is 5.32 Å². The predicted molar refractivity (Wildman–Crippen MR) is 68.4 cm³/mol. The van der Waals surface area contributed by atoms with E-state index < -0.39 is 0 Å². The minimum absolute atomic E-state index is 0.169. The molecule has 3 nitrogen and oxygen atoms in total. The fourth-order valence-corrected chi connectivity index (χ4v) is 1.54. The number of amides is 1. The van der Waals surface area contributed by atoms with Gasteiger partial charge in [0.15, 0.2) is 0 Å². The zero-order chi connectivity index (χ0) is 12.3. The third kappa shape index (κ3) is 2.82. The molecule has 0 aliphatic carbocycles. The summed E-state index contributed by atoms with van der Waals surface area (Å²) in [4.78, 5) is 16.0. The van der Waals surface area contributed by atoms with E-state index in [0.29, 0.717) is 16.3 Å². The lowest BCUT2D eigenvalue weighted by Crippen LogP contribution is -2.12. The summed E-state index contributed by atoms with van der Waals surface area (Å²) in [5, 5.41) is 3.41. The minimum Gasteiger partial charge on any atom is -0.320 e. The van der Waals surface area contributed by atoms with Crippen molar-refractivity contribution in [3.05, 3.63) is 58.9 Å². The number of aromatic nitrogens is 1. The van der Waals surface area contributed by atoms with Crippen LogP contribution in [0, 0.1) is 6.92 Å². The Morgan fingerprint density at radius 3 is 2.59 bits per heavy atom. The van der Waals surface area contributed by atoms with Crippen LogP contribution in [0.3, 0.4) is 0 Å². The smallest absolute Gasteiger partial charge is 0.255 e. The van der Waals surface area contributed by atoms with Gasteiger partial charge in [-0.2, -0.15) is 0 Å². The molecule has 1 heterocycles. The molecule has 0 radical (unpaired) electrons. The largest absolute Gasteiger partial charge is 0.320 e. The van der Waals surface area contributed by atoms with Crippen molar-refractivity contribution in [1.29, 1.82) is 0 Å². The van der Waals surface area contributed by atoms with Crippen LogP contribution in [-0.4, -0.2) is 10.9 Å². The maximum atomic E-state index is 11.9. The van der Waals surface area contributed by atoms with Gasteiger partial charge in [0.05, 0.1) is 11.4 Å². The molecule has 0 aliphatic heterocycles. The van der Waals surface area contributed by atoms with E-state index >= 15 is 0 Å². The maximum Gasteiger partial charge on any atom is 0.255 e. The summed E-state index contributed by atoms with van der Waals surface area (Å²) in [5.74, 6) is -0.169. The molecule has 86 valence electrons. The standard InChI is InChI=1S/C13H11ClN2O/c1-9-12(3-2-8-15-9)16-13(17)10-4-6-11(14)7-5-10/h2-8H,1H3,(H,16,17). The number of rotatable bonds is 2. The first-order valence-electron chi connectivity index (χ1n) is 5.15. The van der Waals surface area contributed by atoms with E-state index in [1.165, 1.54) is 0 Å². The Morgan fingerprint density at radius 1 is 1.24 bits per heavy atom. The Labute approximate surface area is 104 Å². The highest BCUT2D eigenvalue weighted by molar-refractivity contribution is 6.30. The van der Waals surface area contributed by atoms with Crippen molar-refractivity contribution in [2.24, 2.45) is 0 Å². The monoisotopic (exact) mass is 246 g/mol. The van der Waals surface area contributed by atoms with Gasteiger partial charge >= 0.3 is 0 Å². The van der Waals surface area contributed by atoms with Crippen LogP contribution < -0.4 is 5.32 Å². The molecule has 0 bridgehead atoms. The van der Waals surface area contributed by atoms with Gasteiger partial charge in [0.2, 0.25) is 0 Å². The van der Waals surface area contributed by atoms with Crippen LogP contribution in [0.2, 0.25) is 5.02 Å². The SMILES string of the molecule is Cc1ncccc1NC(=O)c1ccc(Cl)cc1.